The fraction of sp³-hybridized carbons (Fsp3) is 0.500. The van der Waals surface area contributed by atoms with Crippen LogP contribution in [0, 0.1) is 16.0 Å². The smallest absolute Gasteiger partial charge is 0.270 e. The van der Waals surface area contributed by atoms with Gasteiger partial charge >= 0.3 is 0 Å². The van der Waals surface area contributed by atoms with Crippen LogP contribution in [0.1, 0.15) is 26.7 Å². The van der Waals surface area contributed by atoms with Gasteiger partial charge in [-0.1, -0.05) is 19.9 Å². The van der Waals surface area contributed by atoms with E-state index in [0.717, 1.165) is 12.5 Å². The molecular formula is C14H21N3O5S. The summed E-state index contributed by atoms with van der Waals surface area (Å²) in [5, 5.41) is 13.3. The number of nitro benzene ring substituents is 1. The predicted molar refractivity (Wildman–Crippen MR) is 85.4 cm³/mol. The maximum Gasteiger partial charge on any atom is 0.270 e. The number of rotatable bonds is 9. The van der Waals surface area contributed by atoms with Crippen LogP contribution in [0.15, 0.2) is 29.2 Å². The number of nitrogens with one attached hydrogen (secondary N) is 2. The number of carbonyl (C=O) groups is 1. The number of nitrogens with zero attached hydrogens (tertiary/aromatic N) is 1. The summed E-state index contributed by atoms with van der Waals surface area (Å²) < 4.78 is 26.3. The second kappa shape index (κ2) is 8.59. The van der Waals surface area contributed by atoms with E-state index in [1.807, 2.05) is 13.8 Å². The second-order valence-corrected chi connectivity index (χ2v) is 7.20. The van der Waals surface area contributed by atoms with Crippen LogP contribution < -0.4 is 10.0 Å². The highest BCUT2D eigenvalue weighted by molar-refractivity contribution is 7.89. The summed E-state index contributed by atoms with van der Waals surface area (Å²) in [4.78, 5) is 21.3. The zero-order chi connectivity index (χ0) is 17.5. The van der Waals surface area contributed by atoms with Crippen LogP contribution in [0.2, 0.25) is 0 Å². The Morgan fingerprint density at radius 3 is 2.61 bits per heavy atom. The highest BCUT2D eigenvalue weighted by atomic mass is 32.2. The van der Waals surface area contributed by atoms with Crippen molar-refractivity contribution in [2.24, 2.45) is 5.92 Å². The van der Waals surface area contributed by atoms with Gasteiger partial charge in [-0.25, -0.2) is 13.1 Å². The zero-order valence-electron chi connectivity index (χ0n) is 13.1. The number of benzene rings is 1. The molecule has 8 nitrogen and oxygen atoms in total. The Balaban J connectivity index is 2.49. The summed E-state index contributed by atoms with van der Waals surface area (Å²) in [6, 6.07) is 4.79. The SMILES string of the molecule is CC(C)CCC(=O)NCCNS(=O)(=O)c1cccc([N+](=O)[O-])c1. The van der Waals surface area contributed by atoms with Gasteiger partial charge in [0, 0.05) is 31.6 Å². The Hall–Kier alpha value is -2.00. The van der Waals surface area contributed by atoms with Crippen molar-refractivity contribution in [2.45, 2.75) is 31.6 Å². The molecule has 0 saturated carbocycles. The van der Waals surface area contributed by atoms with E-state index in [4.69, 9.17) is 0 Å². The molecule has 0 aliphatic carbocycles. The molecular weight excluding hydrogens is 322 g/mol. The first-order chi connectivity index (χ1) is 10.7. The summed E-state index contributed by atoms with van der Waals surface area (Å²) >= 11 is 0. The zero-order valence-corrected chi connectivity index (χ0v) is 13.9. The van der Waals surface area contributed by atoms with Crippen molar-refractivity contribution in [3.63, 3.8) is 0 Å². The van der Waals surface area contributed by atoms with E-state index in [0.29, 0.717) is 12.3 Å². The van der Waals surface area contributed by atoms with Gasteiger partial charge in [0.15, 0.2) is 0 Å². The molecule has 0 unspecified atom stereocenters. The van der Waals surface area contributed by atoms with Gasteiger partial charge in [0.25, 0.3) is 5.69 Å². The summed E-state index contributed by atoms with van der Waals surface area (Å²) in [6.45, 7) is 4.20. The lowest BCUT2D eigenvalue weighted by Gasteiger charge is -2.09. The molecule has 128 valence electrons. The molecule has 1 rings (SSSR count). The van der Waals surface area contributed by atoms with Gasteiger partial charge in [-0.05, 0) is 18.4 Å². The predicted octanol–water partition coefficient (Wildman–Crippen LogP) is 1.43. The third kappa shape index (κ3) is 6.74. The minimum Gasteiger partial charge on any atom is -0.355 e. The van der Waals surface area contributed by atoms with Gasteiger partial charge in [-0.3, -0.25) is 14.9 Å². The molecule has 2 N–H and O–H groups in total. The van der Waals surface area contributed by atoms with Crippen molar-refractivity contribution in [3.8, 4) is 0 Å². The molecule has 0 bridgehead atoms. The average Bonchev–Trinajstić information content (AvgIpc) is 2.49. The van der Waals surface area contributed by atoms with Gasteiger partial charge in [0.2, 0.25) is 15.9 Å². The molecule has 1 amide bonds. The number of non-ortho nitro benzene ring substituents is 1. The lowest BCUT2D eigenvalue weighted by molar-refractivity contribution is -0.385. The van der Waals surface area contributed by atoms with Crippen LogP contribution >= 0.6 is 0 Å². The highest BCUT2D eigenvalue weighted by Gasteiger charge is 2.17. The van der Waals surface area contributed by atoms with Crippen molar-refractivity contribution >= 4 is 21.6 Å². The Morgan fingerprint density at radius 1 is 1.30 bits per heavy atom. The Labute approximate surface area is 135 Å². The van der Waals surface area contributed by atoms with E-state index >= 15 is 0 Å². The molecule has 1 aromatic rings. The van der Waals surface area contributed by atoms with E-state index in [1.165, 1.54) is 18.2 Å². The monoisotopic (exact) mass is 343 g/mol. The average molecular weight is 343 g/mol. The topological polar surface area (TPSA) is 118 Å². The maximum atomic E-state index is 12.0. The number of hydrogen-bond donors (Lipinski definition) is 2. The van der Waals surface area contributed by atoms with Crippen LogP contribution in [-0.4, -0.2) is 32.3 Å². The molecule has 0 saturated heterocycles. The van der Waals surface area contributed by atoms with E-state index in [9.17, 15) is 23.3 Å². The summed E-state index contributed by atoms with van der Waals surface area (Å²) in [5.74, 6) is 0.293. The fourth-order valence-corrected chi connectivity index (χ4v) is 2.81. The molecule has 0 spiro atoms. The van der Waals surface area contributed by atoms with E-state index in [2.05, 4.69) is 10.0 Å². The standard InChI is InChI=1S/C14H21N3O5S/c1-11(2)6-7-14(18)15-8-9-16-23(21,22)13-5-3-4-12(10-13)17(19)20/h3-5,10-11,16H,6-9H2,1-2H3,(H,15,18). The second-order valence-electron chi connectivity index (χ2n) is 5.43. The van der Waals surface area contributed by atoms with Crippen molar-refractivity contribution in [1.82, 2.24) is 10.0 Å². The quantitative estimate of drug-likeness (QED) is 0.399. The third-order valence-corrected chi connectivity index (χ3v) is 4.49. The van der Waals surface area contributed by atoms with Gasteiger partial charge in [0.05, 0.1) is 9.82 Å². The van der Waals surface area contributed by atoms with Gasteiger partial charge in [0.1, 0.15) is 0 Å². The Kier molecular flexibility index (Phi) is 7.11. The highest BCUT2D eigenvalue weighted by Crippen LogP contribution is 2.16. The lowest BCUT2D eigenvalue weighted by atomic mass is 10.1. The molecule has 0 aliphatic heterocycles. The van der Waals surface area contributed by atoms with Gasteiger partial charge in [-0.15, -0.1) is 0 Å². The summed E-state index contributed by atoms with van der Waals surface area (Å²) in [5.41, 5.74) is -0.296. The summed E-state index contributed by atoms with van der Waals surface area (Å²) in [6.07, 6.45) is 1.17. The maximum absolute atomic E-state index is 12.0. The molecule has 0 fully saturated rings. The van der Waals surface area contributed by atoms with Crippen LogP contribution in [0.5, 0.6) is 0 Å². The van der Waals surface area contributed by atoms with Crippen LogP contribution in [-0.2, 0) is 14.8 Å². The third-order valence-electron chi connectivity index (χ3n) is 3.03. The van der Waals surface area contributed by atoms with E-state index in [1.54, 1.807) is 0 Å². The van der Waals surface area contributed by atoms with Crippen LogP contribution in [0.25, 0.3) is 0 Å². The van der Waals surface area contributed by atoms with Crippen molar-refractivity contribution in [1.29, 1.82) is 0 Å². The number of carbonyl (C=O) groups excluding carboxylic acids is 1. The van der Waals surface area contributed by atoms with Crippen LogP contribution in [0.3, 0.4) is 0 Å². The van der Waals surface area contributed by atoms with Crippen molar-refractivity contribution in [2.75, 3.05) is 13.1 Å². The lowest BCUT2D eigenvalue weighted by Crippen LogP contribution is -2.34. The normalized spacial score (nSPS) is 11.4. The fourth-order valence-electron chi connectivity index (χ4n) is 1.74. The number of hydrogen-bond acceptors (Lipinski definition) is 5. The first-order valence-electron chi connectivity index (χ1n) is 7.23. The van der Waals surface area contributed by atoms with Crippen LogP contribution in [0.4, 0.5) is 5.69 Å². The van der Waals surface area contributed by atoms with E-state index < -0.39 is 14.9 Å². The minimum absolute atomic E-state index is 0.0123. The molecule has 9 heteroatoms. The number of amides is 1. The van der Waals surface area contributed by atoms with Gasteiger partial charge < -0.3 is 5.32 Å². The molecule has 0 radical (unpaired) electrons. The largest absolute Gasteiger partial charge is 0.355 e. The first-order valence-corrected chi connectivity index (χ1v) is 8.71. The van der Waals surface area contributed by atoms with Crippen molar-refractivity contribution < 1.29 is 18.1 Å². The Bertz CT molecular complexity index is 658. The number of sulfonamides is 1. The molecule has 0 atom stereocenters. The minimum atomic E-state index is -3.85. The molecule has 1 aromatic carbocycles. The molecule has 0 aliphatic rings. The summed E-state index contributed by atoms with van der Waals surface area (Å²) in [7, 11) is -3.85. The molecule has 0 aromatic heterocycles. The number of nitro groups is 1. The molecule has 23 heavy (non-hydrogen) atoms. The molecule has 0 heterocycles. The Morgan fingerprint density at radius 2 is 2.00 bits per heavy atom. The van der Waals surface area contributed by atoms with E-state index in [-0.39, 0.29) is 29.6 Å². The first kappa shape index (κ1) is 19.0. The van der Waals surface area contributed by atoms with Gasteiger partial charge in [-0.2, -0.15) is 0 Å². The van der Waals surface area contributed by atoms with Crippen molar-refractivity contribution in [3.05, 3.63) is 34.4 Å².